The van der Waals surface area contributed by atoms with E-state index in [1.54, 1.807) is 12.3 Å². The quantitative estimate of drug-likeness (QED) is 0.212. The van der Waals surface area contributed by atoms with Crippen molar-refractivity contribution >= 4 is 33.3 Å². The molecule has 3 rings (SSSR count). The number of anilines is 1. The van der Waals surface area contributed by atoms with Gasteiger partial charge < -0.3 is 21.4 Å². The van der Waals surface area contributed by atoms with Gasteiger partial charge in [-0.05, 0) is 54.1 Å². The molecule has 1 amide bonds. The number of pyridine rings is 1. The van der Waals surface area contributed by atoms with Gasteiger partial charge in [0, 0.05) is 11.6 Å². The van der Waals surface area contributed by atoms with Gasteiger partial charge in [-0.2, -0.15) is 4.37 Å². The van der Waals surface area contributed by atoms with Crippen LogP contribution in [-0.2, 0) is 11.3 Å². The molecule has 0 unspecified atom stereocenters. The fraction of sp³-hybridized carbons (Fsp3) is 0.167. The van der Waals surface area contributed by atoms with Gasteiger partial charge in [-0.1, -0.05) is 19.2 Å². The summed E-state index contributed by atoms with van der Waals surface area (Å²) in [5, 5.41) is 9.59. The van der Waals surface area contributed by atoms with E-state index in [0.29, 0.717) is 5.00 Å². The molecule has 0 aliphatic heterocycles. The van der Waals surface area contributed by atoms with Crippen molar-refractivity contribution in [2.45, 2.75) is 13.5 Å². The Morgan fingerprint density at radius 1 is 1.32 bits per heavy atom. The summed E-state index contributed by atoms with van der Waals surface area (Å²) in [5.74, 6) is 5.79. The molecule has 0 fully saturated rings. The summed E-state index contributed by atoms with van der Waals surface area (Å²) in [7, 11) is 1.51. The average molecular weight is 422 g/mol. The number of benzene rings is 1. The number of carbonyl (C=O) groups is 1. The van der Waals surface area contributed by atoms with E-state index in [-0.39, 0.29) is 69.4 Å². The number of aromatic nitrogens is 2. The van der Waals surface area contributed by atoms with E-state index < -0.39 is 5.91 Å². The number of aryl methyl sites for hydroxylation is 1. The van der Waals surface area contributed by atoms with Crippen molar-refractivity contribution in [1.82, 2.24) is 14.4 Å². The molecule has 2 aromatic heterocycles. The summed E-state index contributed by atoms with van der Waals surface area (Å²) in [5.41, 5.74) is 8.65. The SMILES string of the molecule is C[N-]/C(N)=C(\C(=O)Nc1cc(C)ns1)N(N)Cc1ccc2ncccc2c1.[K+]. The third-order valence-corrected chi connectivity index (χ3v) is 4.67. The van der Waals surface area contributed by atoms with E-state index in [9.17, 15) is 4.79 Å². The molecule has 0 spiro atoms. The molecule has 2 heterocycles. The van der Waals surface area contributed by atoms with Gasteiger partial charge in [0.1, 0.15) is 10.7 Å². The van der Waals surface area contributed by atoms with Crippen molar-refractivity contribution in [3.63, 3.8) is 0 Å². The zero-order chi connectivity index (χ0) is 19.4. The van der Waals surface area contributed by atoms with Gasteiger partial charge >= 0.3 is 51.4 Å². The van der Waals surface area contributed by atoms with Gasteiger partial charge in [-0.3, -0.25) is 9.78 Å². The Morgan fingerprint density at radius 3 is 2.79 bits per heavy atom. The van der Waals surface area contributed by atoms with Gasteiger partial charge in [0.25, 0.3) is 5.91 Å². The van der Waals surface area contributed by atoms with E-state index in [1.165, 1.54) is 23.6 Å². The molecule has 0 aliphatic rings. The second-order valence-corrected chi connectivity index (χ2v) is 6.71. The van der Waals surface area contributed by atoms with Crippen molar-refractivity contribution in [1.29, 1.82) is 0 Å². The van der Waals surface area contributed by atoms with Crippen molar-refractivity contribution in [3.05, 3.63) is 70.7 Å². The van der Waals surface area contributed by atoms with E-state index in [2.05, 4.69) is 20.0 Å². The van der Waals surface area contributed by atoms with Crippen molar-refractivity contribution < 1.29 is 56.2 Å². The number of nitrogens with one attached hydrogen (secondary N) is 1. The van der Waals surface area contributed by atoms with Crippen LogP contribution in [0.1, 0.15) is 11.3 Å². The first-order chi connectivity index (χ1) is 13.0. The van der Waals surface area contributed by atoms with Gasteiger partial charge in [0.05, 0.1) is 17.8 Å². The molecular weight excluding hydrogens is 401 g/mol. The van der Waals surface area contributed by atoms with Crippen LogP contribution in [0.15, 0.2) is 54.1 Å². The Hall–Kier alpha value is -1.53. The molecule has 1 aromatic carbocycles. The summed E-state index contributed by atoms with van der Waals surface area (Å²) in [4.78, 5) is 17.0. The number of hydrazine groups is 1. The molecule has 0 aliphatic carbocycles. The molecule has 0 bridgehead atoms. The largest absolute Gasteiger partial charge is 1.00 e. The normalized spacial score (nSPS) is 11.4. The van der Waals surface area contributed by atoms with Crippen LogP contribution in [0.3, 0.4) is 0 Å². The maximum absolute atomic E-state index is 12.7. The van der Waals surface area contributed by atoms with Gasteiger partial charge in [-0.15, -0.1) is 0 Å². The van der Waals surface area contributed by atoms with E-state index >= 15 is 0 Å². The van der Waals surface area contributed by atoms with Crippen LogP contribution < -0.4 is 68.3 Å². The Morgan fingerprint density at radius 2 is 2.11 bits per heavy atom. The third-order valence-electron chi connectivity index (χ3n) is 3.87. The van der Waals surface area contributed by atoms with E-state index in [4.69, 9.17) is 11.6 Å². The summed E-state index contributed by atoms with van der Waals surface area (Å²) in [6, 6.07) is 11.4. The predicted octanol–water partition coefficient (Wildman–Crippen LogP) is -0.551. The van der Waals surface area contributed by atoms with E-state index in [1.807, 2.05) is 37.3 Å². The minimum atomic E-state index is -0.438. The summed E-state index contributed by atoms with van der Waals surface area (Å²) >= 11 is 1.19. The maximum atomic E-state index is 12.7. The smallest absolute Gasteiger partial charge is 0.493 e. The number of nitrogens with two attached hydrogens (primary N) is 2. The van der Waals surface area contributed by atoms with Crippen molar-refractivity contribution in [3.8, 4) is 0 Å². The van der Waals surface area contributed by atoms with Gasteiger partial charge in [0.15, 0.2) is 0 Å². The number of rotatable bonds is 6. The van der Waals surface area contributed by atoms with Gasteiger partial charge in [-0.25, -0.2) is 5.84 Å². The molecule has 0 radical (unpaired) electrons. The van der Waals surface area contributed by atoms with Crippen LogP contribution in [0.5, 0.6) is 0 Å². The molecule has 140 valence electrons. The zero-order valence-corrected chi connectivity index (χ0v) is 19.9. The Bertz CT molecular complexity index is 1000. The van der Waals surface area contributed by atoms with Crippen LogP contribution in [0.2, 0.25) is 0 Å². The van der Waals surface area contributed by atoms with Crippen molar-refractivity contribution in [2.75, 3.05) is 12.4 Å². The van der Waals surface area contributed by atoms with Crippen molar-refractivity contribution in [2.24, 2.45) is 11.6 Å². The molecular formula is C18H20KN7OS. The number of carbonyl (C=O) groups excluding carboxylic acids is 1. The number of nitrogens with zero attached hydrogens (tertiary/aromatic N) is 4. The predicted molar refractivity (Wildman–Crippen MR) is 107 cm³/mol. The van der Waals surface area contributed by atoms with Crippen LogP contribution in [0.4, 0.5) is 5.00 Å². The Labute approximate surface area is 209 Å². The first-order valence-corrected chi connectivity index (χ1v) is 8.95. The second kappa shape index (κ2) is 10.3. The molecule has 0 saturated carbocycles. The zero-order valence-electron chi connectivity index (χ0n) is 16.0. The topological polar surface area (TPSA) is 124 Å². The minimum absolute atomic E-state index is 0. The number of fused-ring (bicyclic) bond motifs is 1. The molecule has 28 heavy (non-hydrogen) atoms. The molecule has 5 N–H and O–H groups in total. The number of hydrogen-bond donors (Lipinski definition) is 3. The Kier molecular flexibility index (Phi) is 8.37. The number of hydrogen-bond acceptors (Lipinski definition) is 7. The molecule has 0 atom stereocenters. The molecule has 8 nitrogen and oxygen atoms in total. The second-order valence-electron chi connectivity index (χ2n) is 5.90. The molecule has 10 heteroatoms. The van der Waals surface area contributed by atoms with Crippen LogP contribution in [-0.4, -0.2) is 27.3 Å². The Balaban J connectivity index is 0.00000280. The summed E-state index contributed by atoms with van der Waals surface area (Å²) < 4.78 is 4.14. The van der Waals surface area contributed by atoms with E-state index in [0.717, 1.165) is 22.2 Å². The summed E-state index contributed by atoms with van der Waals surface area (Å²) in [6.45, 7) is 2.13. The molecule has 0 saturated heterocycles. The first-order valence-electron chi connectivity index (χ1n) is 8.18. The minimum Gasteiger partial charge on any atom is -0.493 e. The third kappa shape index (κ3) is 5.51. The maximum Gasteiger partial charge on any atom is 1.00 e. The number of amides is 1. The van der Waals surface area contributed by atoms with Gasteiger partial charge in [0.2, 0.25) is 0 Å². The van der Waals surface area contributed by atoms with Crippen LogP contribution >= 0.6 is 11.5 Å². The average Bonchev–Trinajstić information content (AvgIpc) is 3.06. The summed E-state index contributed by atoms with van der Waals surface area (Å²) in [6.07, 6.45) is 1.74. The fourth-order valence-corrected chi connectivity index (χ4v) is 3.25. The standard InChI is InChI=1S/C18H21N7OS.K/c1-11-8-15(27-24-11)23-18(26)16(17(19)21-2)25(20)10-12-5-6-14-13(9-12)4-3-7-22-14;/h3-9H,10,20H2,1-2H3,(H4,19,21,23,24,26);/q;+1/p-1. The first kappa shape index (κ1) is 22.8. The molecule has 3 aromatic rings. The van der Waals surface area contributed by atoms with Crippen LogP contribution in [0, 0.1) is 6.92 Å². The fourth-order valence-electron chi connectivity index (χ4n) is 2.59. The van der Waals surface area contributed by atoms with Crippen LogP contribution in [0.25, 0.3) is 16.2 Å². The monoisotopic (exact) mass is 421 g/mol.